The van der Waals surface area contributed by atoms with Crippen LogP contribution in [-0.4, -0.2) is 65.6 Å². The monoisotopic (exact) mass is 400 g/mol. The quantitative estimate of drug-likeness (QED) is 0.731. The van der Waals surface area contributed by atoms with E-state index >= 15 is 0 Å². The van der Waals surface area contributed by atoms with E-state index in [-0.39, 0.29) is 17.9 Å². The van der Waals surface area contributed by atoms with Crippen LogP contribution in [0.15, 0.2) is 18.2 Å². The van der Waals surface area contributed by atoms with Crippen molar-refractivity contribution in [3.05, 3.63) is 29.5 Å². The van der Waals surface area contributed by atoms with E-state index in [0.717, 1.165) is 37.2 Å². The highest BCUT2D eigenvalue weighted by Crippen LogP contribution is 2.49. The molecule has 1 aromatic heterocycles. The first-order valence-corrected chi connectivity index (χ1v) is 10.4. The van der Waals surface area contributed by atoms with Crippen LogP contribution in [0.2, 0.25) is 0 Å². The van der Waals surface area contributed by atoms with E-state index in [1.807, 2.05) is 12.1 Å². The summed E-state index contributed by atoms with van der Waals surface area (Å²) < 4.78 is 10.8. The first-order chi connectivity index (χ1) is 14.0. The van der Waals surface area contributed by atoms with Gasteiger partial charge in [-0.05, 0) is 48.8 Å². The number of H-pyrrole nitrogens is 1. The number of aliphatic hydroxyl groups excluding tert-OH is 1. The second-order valence-electron chi connectivity index (χ2n) is 8.72. The molecular weight excluding hydrogens is 372 g/mol. The average molecular weight is 400 g/mol. The Hall–Kier alpha value is -2.09. The van der Waals surface area contributed by atoms with Crippen molar-refractivity contribution in [2.75, 3.05) is 27.3 Å². The normalized spacial score (nSPS) is 34.3. The largest absolute Gasteiger partial charge is 0.497 e. The molecule has 1 saturated heterocycles. The number of carboxylic acids is 1. The van der Waals surface area contributed by atoms with Crippen LogP contribution in [0.1, 0.15) is 30.1 Å². The van der Waals surface area contributed by atoms with E-state index in [2.05, 4.69) is 16.0 Å². The van der Waals surface area contributed by atoms with Gasteiger partial charge in [0.25, 0.3) is 0 Å². The van der Waals surface area contributed by atoms with Crippen molar-refractivity contribution in [1.82, 2.24) is 9.88 Å². The number of ether oxygens (including phenoxy) is 2. The Labute approximate surface area is 169 Å². The molecule has 3 N–H and O–H groups in total. The summed E-state index contributed by atoms with van der Waals surface area (Å²) in [4.78, 5) is 18.2. The molecule has 0 bridgehead atoms. The van der Waals surface area contributed by atoms with Crippen molar-refractivity contribution < 1.29 is 24.5 Å². The number of carbonyl (C=O) groups is 1. The first kappa shape index (κ1) is 18.9. The Kier molecular flexibility index (Phi) is 4.57. The van der Waals surface area contributed by atoms with Crippen molar-refractivity contribution in [1.29, 1.82) is 0 Å². The van der Waals surface area contributed by atoms with Crippen molar-refractivity contribution in [2.45, 2.75) is 37.5 Å². The van der Waals surface area contributed by atoms with Crippen LogP contribution in [0.4, 0.5) is 0 Å². The van der Waals surface area contributed by atoms with Crippen molar-refractivity contribution >= 4 is 16.9 Å². The van der Waals surface area contributed by atoms with E-state index in [0.29, 0.717) is 6.42 Å². The predicted octanol–water partition coefficient (Wildman–Crippen LogP) is 2.19. The molecule has 0 amide bonds. The summed E-state index contributed by atoms with van der Waals surface area (Å²) in [6.07, 6.45) is 0.981. The maximum absolute atomic E-state index is 12.1. The Balaban J connectivity index is 1.52. The molecule has 0 unspecified atom stereocenters. The van der Waals surface area contributed by atoms with Gasteiger partial charge in [-0.3, -0.25) is 9.69 Å². The molecule has 1 aliphatic carbocycles. The Morgan fingerprint density at radius 2 is 2.10 bits per heavy atom. The maximum Gasteiger partial charge on any atom is 0.309 e. The van der Waals surface area contributed by atoms with Crippen LogP contribution in [-0.2, 0) is 16.0 Å². The van der Waals surface area contributed by atoms with E-state index < -0.39 is 24.1 Å². The van der Waals surface area contributed by atoms with E-state index in [4.69, 9.17) is 9.47 Å². The van der Waals surface area contributed by atoms with Crippen LogP contribution >= 0.6 is 0 Å². The number of fused-ring (bicyclic) bond motifs is 6. The highest BCUT2D eigenvalue weighted by atomic mass is 16.5. The molecule has 0 radical (unpaired) electrons. The Morgan fingerprint density at radius 1 is 1.28 bits per heavy atom. The van der Waals surface area contributed by atoms with E-state index in [1.165, 1.54) is 23.8 Å². The van der Waals surface area contributed by atoms with Crippen molar-refractivity contribution in [3.8, 4) is 5.75 Å². The van der Waals surface area contributed by atoms with Gasteiger partial charge in [-0.25, -0.2) is 0 Å². The number of aromatic nitrogens is 1. The summed E-state index contributed by atoms with van der Waals surface area (Å²) in [6, 6.07) is 6.31. The molecular formula is C22H28N2O5. The number of methoxy groups -OCH3 is 2. The molecule has 2 aromatic rings. The number of piperidine rings is 1. The molecule has 5 rings (SSSR count). The van der Waals surface area contributed by atoms with Crippen molar-refractivity contribution in [3.63, 3.8) is 0 Å². The number of nitrogens with zero attached hydrogens (tertiary/aromatic N) is 1. The van der Waals surface area contributed by atoms with Crippen molar-refractivity contribution in [2.24, 2.45) is 17.8 Å². The number of hydrogen-bond donors (Lipinski definition) is 3. The molecule has 1 aromatic carbocycles. The topological polar surface area (TPSA) is 95.0 Å². The molecule has 2 aliphatic heterocycles. The smallest absolute Gasteiger partial charge is 0.309 e. The van der Waals surface area contributed by atoms with Gasteiger partial charge in [0, 0.05) is 42.9 Å². The summed E-state index contributed by atoms with van der Waals surface area (Å²) in [5.41, 5.74) is 3.62. The highest BCUT2D eigenvalue weighted by Gasteiger charge is 2.52. The fourth-order valence-electron chi connectivity index (χ4n) is 6.15. The number of aromatic amines is 1. The second kappa shape index (κ2) is 7.00. The Bertz CT molecular complexity index is 941. The summed E-state index contributed by atoms with van der Waals surface area (Å²) in [7, 11) is 3.17. The fourth-order valence-corrected chi connectivity index (χ4v) is 6.15. The third-order valence-electron chi connectivity index (χ3n) is 7.44. The van der Waals surface area contributed by atoms with Gasteiger partial charge in [0.2, 0.25) is 0 Å². The van der Waals surface area contributed by atoms with Gasteiger partial charge in [0.05, 0.1) is 31.3 Å². The van der Waals surface area contributed by atoms with Crippen LogP contribution in [0.3, 0.4) is 0 Å². The fraction of sp³-hybridized carbons (Fsp3) is 0.591. The van der Waals surface area contributed by atoms with E-state index in [1.54, 1.807) is 7.11 Å². The SMILES string of the molecule is COc1ccc2c3c([nH]c2c1)[C@H]1C[C@@H]2[C@H](C[C@H](O)[C@H](OC)[C@@H]2C(=O)O)CN1CC3. The van der Waals surface area contributed by atoms with Gasteiger partial charge in [-0.1, -0.05) is 0 Å². The molecule has 2 fully saturated rings. The lowest BCUT2D eigenvalue weighted by molar-refractivity contribution is -0.172. The zero-order chi connectivity index (χ0) is 20.3. The molecule has 1 saturated carbocycles. The first-order valence-electron chi connectivity index (χ1n) is 10.4. The lowest BCUT2D eigenvalue weighted by atomic mass is 9.64. The summed E-state index contributed by atoms with van der Waals surface area (Å²) in [5.74, 6) is -0.539. The molecule has 0 spiro atoms. The minimum atomic E-state index is -0.864. The third kappa shape index (κ3) is 2.86. The summed E-state index contributed by atoms with van der Waals surface area (Å²) >= 11 is 0. The minimum absolute atomic E-state index is 0.00556. The molecule has 29 heavy (non-hydrogen) atoms. The van der Waals surface area contributed by atoms with Gasteiger partial charge in [0.1, 0.15) is 5.75 Å². The maximum atomic E-state index is 12.1. The third-order valence-corrected chi connectivity index (χ3v) is 7.44. The van der Waals surface area contributed by atoms with Crippen LogP contribution in [0, 0.1) is 17.8 Å². The minimum Gasteiger partial charge on any atom is -0.497 e. The molecule has 3 heterocycles. The van der Waals surface area contributed by atoms with Gasteiger partial charge in [-0.2, -0.15) is 0 Å². The Morgan fingerprint density at radius 3 is 2.83 bits per heavy atom. The second-order valence-corrected chi connectivity index (χ2v) is 8.72. The number of hydrogen-bond acceptors (Lipinski definition) is 5. The highest BCUT2D eigenvalue weighted by molar-refractivity contribution is 5.86. The van der Waals surface area contributed by atoms with Crippen LogP contribution < -0.4 is 4.74 Å². The van der Waals surface area contributed by atoms with Gasteiger partial charge >= 0.3 is 5.97 Å². The van der Waals surface area contributed by atoms with Gasteiger partial charge in [0.15, 0.2) is 0 Å². The number of nitrogens with one attached hydrogen (secondary N) is 1. The van der Waals surface area contributed by atoms with Gasteiger partial charge in [-0.15, -0.1) is 0 Å². The van der Waals surface area contributed by atoms with Crippen LogP contribution in [0.5, 0.6) is 5.75 Å². The summed E-state index contributed by atoms with van der Waals surface area (Å²) in [6.45, 7) is 1.78. The molecule has 3 aliphatic rings. The number of carboxylic acid groups (broad SMARTS) is 1. The lowest BCUT2D eigenvalue weighted by Gasteiger charge is -2.52. The molecule has 6 atom stereocenters. The van der Waals surface area contributed by atoms with Gasteiger partial charge < -0.3 is 24.7 Å². The lowest BCUT2D eigenvalue weighted by Crippen LogP contribution is -2.57. The summed E-state index contributed by atoms with van der Waals surface area (Å²) in [5, 5.41) is 21.7. The number of benzene rings is 1. The molecule has 7 heteroatoms. The average Bonchev–Trinajstić information content (AvgIpc) is 3.09. The van der Waals surface area contributed by atoms with Crippen LogP contribution in [0.25, 0.3) is 10.9 Å². The standard InChI is InChI=1S/C22H28N2O5/c1-28-12-3-4-13-14-5-6-24-10-11-7-18(25)21(29-2)19(22(26)27)15(11)9-17(24)20(14)23-16(13)8-12/h3-4,8,11,15,17-19,21,23,25H,5-7,9-10H2,1-2H3,(H,26,27)/t11-,15-,17-,18+,19-,21+/m1/s1. The number of rotatable bonds is 3. The zero-order valence-electron chi connectivity index (χ0n) is 16.8. The zero-order valence-corrected chi connectivity index (χ0v) is 16.8. The predicted molar refractivity (Wildman–Crippen MR) is 107 cm³/mol. The van der Waals surface area contributed by atoms with E-state index in [9.17, 15) is 15.0 Å². The molecule has 7 nitrogen and oxygen atoms in total. The molecule has 156 valence electrons. The number of aliphatic hydroxyl groups is 1. The number of aliphatic carboxylic acids is 1.